The first kappa shape index (κ1) is 18.3. The molecule has 6 nitrogen and oxygen atoms in total. The third-order valence-electron chi connectivity index (χ3n) is 5.26. The molecule has 148 valence electrons. The van der Waals surface area contributed by atoms with Crippen LogP contribution >= 0.6 is 11.8 Å². The zero-order chi connectivity index (χ0) is 19.6. The van der Waals surface area contributed by atoms with Crippen molar-refractivity contribution in [1.82, 2.24) is 9.55 Å². The maximum Gasteiger partial charge on any atom is 0.255 e. The number of benzene rings is 2. The number of para-hydroxylation sites is 1. The summed E-state index contributed by atoms with van der Waals surface area (Å²) in [7, 11) is 0. The average molecular weight is 407 g/mol. The summed E-state index contributed by atoms with van der Waals surface area (Å²) in [5, 5.41) is 4.10. The molecule has 0 atom stereocenters. The van der Waals surface area contributed by atoms with Gasteiger partial charge in [-0.15, -0.1) is 0 Å². The Morgan fingerprint density at radius 2 is 1.83 bits per heavy atom. The van der Waals surface area contributed by atoms with Gasteiger partial charge >= 0.3 is 0 Å². The minimum absolute atomic E-state index is 0.118. The van der Waals surface area contributed by atoms with Crippen LogP contribution in [0.15, 0.2) is 59.9 Å². The smallest absolute Gasteiger partial charge is 0.255 e. The Morgan fingerprint density at radius 1 is 1.03 bits per heavy atom. The van der Waals surface area contributed by atoms with Crippen molar-refractivity contribution in [3.63, 3.8) is 0 Å². The zero-order valence-corrected chi connectivity index (χ0v) is 16.8. The average Bonchev–Trinajstić information content (AvgIpc) is 3.37. The van der Waals surface area contributed by atoms with E-state index in [0.717, 1.165) is 66.4 Å². The number of morpholine rings is 1. The molecule has 0 bridgehead atoms. The zero-order valence-electron chi connectivity index (χ0n) is 16.0. The number of hydrogen-bond acceptors (Lipinski definition) is 5. The fraction of sp³-hybridized carbons (Fsp3) is 0.273. The van der Waals surface area contributed by atoms with Crippen molar-refractivity contribution in [3.05, 3.63) is 60.3 Å². The minimum Gasteiger partial charge on any atom is -0.378 e. The molecule has 2 aromatic carbocycles. The van der Waals surface area contributed by atoms with E-state index in [0.29, 0.717) is 5.56 Å². The van der Waals surface area contributed by atoms with Crippen LogP contribution in [0.1, 0.15) is 10.4 Å². The van der Waals surface area contributed by atoms with Crippen molar-refractivity contribution in [2.75, 3.05) is 42.3 Å². The molecule has 29 heavy (non-hydrogen) atoms. The number of ether oxygens (including phenoxy) is 1. The van der Waals surface area contributed by atoms with E-state index >= 15 is 0 Å². The van der Waals surface area contributed by atoms with Gasteiger partial charge in [0.2, 0.25) is 0 Å². The number of carbonyl (C=O) groups excluding carboxylic acids is 1. The van der Waals surface area contributed by atoms with E-state index in [9.17, 15) is 4.79 Å². The largest absolute Gasteiger partial charge is 0.378 e. The maximum atomic E-state index is 12.9. The van der Waals surface area contributed by atoms with Crippen LogP contribution in [0.25, 0.3) is 11.3 Å². The molecule has 2 aliphatic rings. The predicted octanol–water partition coefficient (Wildman–Crippen LogP) is 3.74. The van der Waals surface area contributed by atoms with E-state index in [1.807, 2.05) is 48.5 Å². The number of amides is 1. The molecular weight excluding hydrogens is 384 g/mol. The summed E-state index contributed by atoms with van der Waals surface area (Å²) < 4.78 is 7.57. The molecule has 0 spiro atoms. The van der Waals surface area contributed by atoms with E-state index < -0.39 is 0 Å². The summed E-state index contributed by atoms with van der Waals surface area (Å²) >= 11 is 1.77. The molecule has 2 aliphatic heterocycles. The normalized spacial score (nSPS) is 15.9. The third-order valence-corrected chi connectivity index (χ3v) is 6.23. The first-order valence-corrected chi connectivity index (χ1v) is 10.8. The third kappa shape index (κ3) is 3.75. The molecule has 1 N–H and O–H groups in total. The van der Waals surface area contributed by atoms with Gasteiger partial charge in [0.25, 0.3) is 5.91 Å². The van der Waals surface area contributed by atoms with Crippen LogP contribution in [-0.4, -0.2) is 47.5 Å². The molecule has 3 heterocycles. The standard InChI is InChI=1S/C22H22N4O2S/c27-21(16-5-7-17(8-6-16)25-9-12-28-13-10-25)23-19-4-2-1-3-18(19)20-15-26-11-14-29-22(26)24-20/h1-8,15H,9-14H2,(H,23,27). The van der Waals surface area contributed by atoms with Gasteiger partial charge in [0.15, 0.2) is 5.16 Å². The van der Waals surface area contributed by atoms with Crippen LogP contribution in [0.3, 0.4) is 0 Å². The Balaban J connectivity index is 1.34. The van der Waals surface area contributed by atoms with Gasteiger partial charge in [-0.25, -0.2) is 4.98 Å². The predicted molar refractivity (Wildman–Crippen MR) is 116 cm³/mol. The van der Waals surface area contributed by atoms with Crippen molar-refractivity contribution in [2.45, 2.75) is 11.7 Å². The van der Waals surface area contributed by atoms with Crippen molar-refractivity contribution in [1.29, 1.82) is 0 Å². The second-order valence-corrected chi connectivity index (χ2v) is 8.16. The fourth-order valence-corrected chi connectivity index (χ4v) is 4.64. The van der Waals surface area contributed by atoms with Crippen LogP contribution < -0.4 is 10.2 Å². The summed E-state index contributed by atoms with van der Waals surface area (Å²) in [4.78, 5) is 19.8. The van der Waals surface area contributed by atoms with Crippen LogP contribution in [0, 0.1) is 0 Å². The lowest BCUT2D eigenvalue weighted by atomic mass is 10.1. The Kier molecular flexibility index (Phi) is 4.99. The van der Waals surface area contributed by atoms with Gasteiger partial charge in [0, 0.05) is 48.4 Å². The number of rotatable bonds is 4. The molecule has 0 saturated carbocycles. The van der Waals surface area contributed by atoms with Gasteiger partial charge in [-0.05, 0) is 30.3 Å². The molecule has 1 amide bonds. The van der Waals surface area contributed by atoms with Gasteiger partial charge < -0.3 is 19.5 Å². The van der Waals surface area contributed by atoms with E-state index in [1.165, 1.54) is 0 Å². The quantitative estimate of drug-likeness (QED) is 0.715. The Bertz CT molecular complexity index is 1000. The topological polar surface area (TPSA) is 59.4 Å². The van der Waals surface area contributed by atoms with E-state index in [-0.39, 0.29) is 5.91 Å². The SMILES string of the molecule is O=C(Nc1ccccc1-c1cn2c(n1)SCC2)c1ccc(N2CCOCC2)cc1. The van der Waals surface area contributed by atoms with Crippen molar-refractivity contribution < 1.29 is 9.53 Å². The van der Waals surface area contributed by atoms with Gasteiger partial charge in [-0.2, -0.15) is 0 Å². The Morgan fingerprint density at radius 3 is 2.62 bits per heavy atom. The molecule has 1 saturated heterocycles. The lowest BCUT2D eigenvalue weighted by Gasteiger charge is -2.28. The van der Waals surface area contributed by atoms with Crippen LogP contribution in [-0.2, 0) is 11.3 Å². The molecule has 3 aromatic rings. The van der Waals surface area contributed by atoms with E-state index in [1.54, 1.807) is 11.8 Å². The fourth-order valence-electron chi connectivity index (χ4n) is 3.69. The second-order valence-electron chi connectivity index (χ2n) is 7.10. The summed E-state index contributed by atoms with van der Waals surface area (Å²) in [5.74, 6) is 0.952. The lowest BCUT2D eigenvalue weighted by Crippen LogP contribution is -2.36. The number of anilines is 2. The lowest BCUT2D eigenvalue weighted by molar-refractivity contribution is 0.102. The molecule has 1 fully saturated rings. The summed E-state index contributed by atoms with van der Waals surface area (Å²) in [6.45, 7) is 4.23. The van der Waals surface area contributed by atoms with Crippen LogP contribution in [0.2, 0.25) is 0 Å². The molecule has 0 unspecified atom stereocenters. The highest BCUT2D eigenvalue weighted by Crippen LogP contribution is 2.32. The van der Waals surface area contributed by atoms with E-state index in [4.69, 9.17) is 9.72 Å². The highest BCUT2D eigenvalue weighted by atomic mass is 32.2. The highest BCUT2D eigenvalue weighted by Gasteiger charge is 2.18. The summed E-state index contributed by atoms with van der Waals surface area (Å²) in [5.41, 5.74) is 4.37. The van der Waals surface area contributed by atoms with Crippen molar-refractivity contribution in [2.24, 2.45) is 0 Å². The molecule has 0 radical (unpaired) electrons. The number of imidazole rings is 1. The van der Waals surface area contributed by atoms with Crippen molar-refractivity contribution >= 4 is 29.0 Å². The number of nitrogens with zero attached hydrogens (tertiary/aromatic N) is 3. The first-order valence-electron chi connectivity index (χ1n) is 9.81. The van der Waals surface area contributed by atoms with Gasteiger partial charge in [0.1, 0.15) is 0 Å². The van der Waals surface area contributed by atoms with Crippen LogP contribution in [0.5, 0.6) is 0 Å². The monoisotopic (exact) mass is 406 g/mol. The number of hydrogen-bond donors (Lipinski definition) is 1. The number of carbonyl (C=O) groups is 1. The summed E-state index contributed by atoms with van der Waals surface area (Å²) in [6.07, 6.45) is 2.07. The van der Waals surface area contributed by atoms with E-state index in [2.05, 4.69) is 21.0 Å². The maximum absolute atomic E-state index is 12.9. The number of thioether (sulfide) groups is 1. The number of nitrogens with one attached hydrogen (secondary N) is 1. The first-order chi connectivity index (χ1) is 14.3. The second kappa shape index (κ2) is 7.93. The van der Waals surface area contributed by atoms with Crippen molar-refractivity contribution in [3.8, 4) is 11.3 Å². The number of fused-ring (bicyclic) bond motifs is 1. The van der Waals surface area contributed by atoms with Gasteiger partial charge in [0.05, 0.1) is 24.6 Å². The molecule has 7 heteroatoms. The number of aryl methyl sites for hydroxylation is 1. The summed E-state index contributed by atoms with van der Waals surface area (Å²) in [6, 6.07) is 15.6. The highest BCUT2D eigenvalue weighted by molar-refractivity contribution is 7.99. The van der Waals surface area contributed by atoms with Gasteiger partial charge in [-0.3, -0.25) is 4.79 Å². The Labute approximate surface area is 173 Å². The molecule has 5 rings (SSSR count). The Hall–Kier alpha value is -2.77. The molecule has 1 aromatic heterocycles. The van der Waals surface area contributed by atoms with Crippen LogP contribution in [0.4, 0.5) is 11.4 Å². The molecular formula is C22H22N4O2S. The number of aromatic nitrogens is 2. The van der Waals surface area contributed by atoms with Gasteiger partial charge in [-0.1, -0.05) is 30.0 Å². The minimum atomic E-state index is -0.118. The molecule has 0 aliphatic carbocycles.